The van der Waals surface area contributed by atoms with Crippen molar-refractivity contribution in [2.75, 3.05) is 12.3 Å². The number of hydrogen-bond acceptors (Lipinski definition) is 6. The van der Waals surface area contributed by atoms with Crippen LogP contribution in [0.2, 0.25) is 0 Å². The molecular formula is C22H24F12O6P2. The van der Waals surface area contributed by atoms with Gasteiger partial charge in [-0.3, -0.25) is 0 Å². The topological polar surface area (TPSA) is 55.4 Å². The highest BCUT2D eigenvalue weighted by Crippen LogP contribution is 2.86. The second-order valence-corrected chi connectivity index (χ2v) is 17.8. The highest BCUT2D eigenvalue weighted by molar-refractivity contribution is 7.65. The van der Waals surface area contributed by atoms with Crippen molar-refractivity contribution < 1.29 is 81.1 Å². The van der Waals surface area contributed by atoms with Crippen molar-refractivity contribution in [3.05, 3.63) is 0 Å². The van der Waals surface area contributed by atoms with Crippen LogP contribution in [0.1, 0.15) is 53.4 Å². The molecule has 6 nitrogen and oxygen atoms in total. The lowest BCUT2D eigenvalue weighted by molar-refractivity contribution is -0.514. The molecule has 0 aromatic rings. The molecule has 8 bridgehead atoms. The molecule has 0 spiro atoms. The molecule has 8 aliphatic heterocycles. The fraction of sp³-hybridized carbons (Fsp3) is 1.00. The Hall–Kier alpha value is -0.220. The molecule has 0 amide bonds. The zero-order valence-electron chi connectivity index (χ0n) is 22.1. The second kappa shape index (κ2) is 8.01. The van der Waals surface area contributed by atoms with Gasteiger partial charge in [-0.1, -0.05) is 0 Å². The third-order valence-corrected chi connectivity index (χ3v) is 15.9. The third-order valence-electron chi connectivity index (χ3n) is 8.71. The second-order valence-electron chi connectivity index (χ2n) is 12.3. The van der Waals surface area contributed by atoms with Crippen LogP contribution in [0, 0.1) is 0 Å². The van der Waals surface area contributed by atoms with Gasteiger partial charge < -0.3 is 28.4 Å². The van der Waals surface area contributed by atoms with Crippen molar-refractivity contribution in [1.29, 1.82) is 0 Å². The number of hydrogen-bond donors (Lipinski definition) is 0. The van der Waals surface area contributed by atoms with E-state index in [4.69, 9.17) is 28.4 Å². The molecule has 8 aliphatic rings. The number of rotatable bonds is 3. The van der Waals surface area contributed by atoms with E-state index in [0.717, 1.165) is 27.7 Å². The Kier molecular flexibility index (Phi) is 6.05. The summed E-state index contributed by atoms with van der Waals surface area (Å²) in [6.07, 6.45) is -30.0. The van der Waals surface area contributed by atoms with Crippen LogP contribution >= 0.6 is 15.8 Å². The first-order valence-corrected chi connectivity index (χ1v) is 15.6. The normalized spacial score (nSPS) is 53.7. The zero-order chi connectivity index (χ0) is 31.6. The Morgan fingerprint density at radius 3 is 0.762 bits per heavy atom. The van der Waals surface area contributed by atoms with E-state index in [1.54, 1.807) is 0 Å². The van der Waals surface area contributed by atoms with Crippen molar-refractivity contribution in [2.24, 2.45) is 0 Å². The minimum atomic E-state index is -5.52. The van der Waals surface area contributed by atoms with Gasteiger partial charge >= 0.3 is 24.7 Å². The predicted molar refractivity (Wildman–Crippen MR) is 117 cm³/mol. The molecule has 8 saturated heterocycles. The van der Waals surface area contributed by atoms with E-state index in [1.165, 1.54) is 0 Å². The highest BCUT2D eigenvalue weighted by atomic mass is 31.1. The van der Waals surface area contributed by atoms with Crippen LogP contribution in [-0.2, 0) is 28.4 Å². The molecule has 8 rings (SSSR count). The molecule has 0 saturated carbocycles. The summed E-state index contributed by atoms with van der Waals surface area (Å²) in [6, 6.07) is 0. The van der Waals surface area contributed by atoms with Crippen molar-refractivity contribution in [1.82, 2.24) is 0 Å². The molecule has 0 aromatic heterocycles. The fourth-order valence-electron chi connectivity index (χ4n) is 7.95. The van der Waals surface area contributed by atoms with E-state index in [0.29, 0.717) is 0 Å². The van der Waals surface area contributed by atoms with Gasteiger partial charge in [0.15, 0.2) is 44.5 Å². The summed E-state index contributed by atoms with van der Waals surface area (Å²) in [5.41, 5.74) is 0. The summed E-state index contributed by atoms with van der Waals surface area (Å²) in [7, 11) is -7.47. The molecule has 20 heteroatoms. The molecule has 8 fully saturated rings. The van der Waals surface area contributed by atoms with Crippen LogP contribution in [0.25, 0.3) is 0 Å². The molecule has 0 aromatic carbocycles. The van der Waals surface area contributed by atoms with Gasteiger partial charge in [0.2, 0.25) is 0 Å². The van der Waals surface area contributed by atoms with Crippen LogP contribution in [0.15, 0.2) is 0 Å². The first kappa shape index (κ1) is 31.7. The molecule has 8 atom stereocenters. The highest BCUT2D eigenvalue weighted by Gasteiger charge is 2.88. The summed E-state index contributed by atoms with van der Waals surface area (Å²) >= 11 is 0. The lowest BCUT2D eigenvalue weighted by atomic mass is 9.96. The minimum Gasteiger partial charge on any atom is -0.329 e. The Labute approximate surface area is 232 Å². The molecule has 0 unspecified atom stereocenters. The Morgan fingerprint density at radius 2 is 0.595 bits per heavy atom. The maximum atomic E-state index is 14.8. The van der Waals surface area contributed by atoms with Crippen LogP contribution < -0.4 is 0 Å². The van der Waals surface area contributed by atoms with E-state index < -0.39 is 123 Å². The maximum absolute atomic E-state index is 14.8. The largest absolute Gasteiger partial charge is 0.421 e. The van der Waals surface area contributed by atoms with Gasteiger partial charge in [0.25, 0.3) is 0 Å². The van der Waals surface area contributed by atoms with Crippen molar-refractivity contribution in [3.8, 4) is 0 Å². The van der Waals surface area contributed by atoms with Crippen LogP contribution in [0.4, 0.5) is 52.7 Å². The van der Waals surface area contributed by atoms with Crippen molar-refractivity contribution in [3.63, 3.8) is 0 Å². The Morgan fingerprint density at radius 1 is 0.405 bits per heavy atom. The third kappa shape index (κ3) is 3.84. The first-order chi connectivity index (χ1) is 18.5. The van der Waals surface area contributed by atoms with E-state index in [2.05, 4.69) is 0 Å². The lowest BCUT2D eigenvalue weighted by Crippen LogP contribution is -2.79. The van der Waals surface area contributed by atoms with Crippen LogP contribution in [0.5, 0.6) is 0 Å². The molecule has 42 heavy (non-hydrogen) atoms. The van der Waals surface area contributed by atoms with Gasteiger partial charge in [-0.05, 0) is 55.9 Å². The number of halogens is 12. The van der Waals surface area contributed by atoms with E-state index in [9.17, 15) is 52.7 Å². The quantitative estimate of drug-likeness (QED) is 0.227. The van der Waals surface area contributed by atoms with E-state index in [1.807, 2.05) is 0 Å². The van der Waals surface area contributed by atoms with Gasteiger partial charge in [0.1, 0.15) is 0 Å². The molecule has 0 N–H and O–H groups in total. The van der Waals surface area contributed by atoms with Crippen molar-refractivity contribution >= 4 is 15.8 Å². The lowest BCUT2D eigenvalue weighted by Gasteiger charge is -2.72. The van der Waals surface area contributed by atoms with Crippen LogP contribution in [-0.4, -0.2) is 81.5 Å². The summed E-state index contributed by atoms with van der Waals surface area (Å²) in [5, 5.41) is -14.4. The van der Waals surface area contributed by atoms with Crippen molar-refractivity contribution in [2.45, 2.75) is 123 Å². The zero-order valence-corrected chi connectivity index (χ0v) is 23.9. The number of ether oxygens (including phenoxy) is 6. The smallest absolute Gasteiger partial charge is 0.329 e. The first-order valence-electron chi connectivity index (χ1n) is 12.6. The average Bonchev–Trinajstić information content (AvgIpc) is 2.67. The van der Waals surface area contributed by atoms with Crippen LogP contribution in [0.3, 0.4) is 0 Å². The molecule has 242 valence electrons. The van der Waals surface area contributed by atoms with Gasteiger partial charge in [0, 0.05) is 25.7 Å². The molecule has 0 aliphatic carbocycles. The average molecular weight is 674 g/mol. The summed E-state index contributed by atoms with van der Waals surface area (Å²) in [6.45, 7) is 3.46. The summed E-state index contributed by atoms with van der Waals surface area (Å²) in [4.78, 5) is 0. The molecule has 8 heterocycles. The minimum absolute atomic E-state index is 0.864. The predicted octanol–water partition coefficient (Wildman–Crippen LogP) is 7.59. The summed E-state index contributed by atoms with van der Waals surface area (Å²) < 4.78 is 209. The van der Waals surface area contributed by atoms with Gasteiger partial charge in [-0.2, -0.15) is 52.7 Å². The van der Waals surface area contributed by atoms with Gasteiger partial charge in [-0.25, -0.2) is 0 Å². The monoisotopic (exact) mass is 674 g/mol. The molecular weight excluding hydrogens is 650 g/mol. The SMILES string of the molecule is C[C@@]12C[C@]3(C(F)(F)F)O[C@@](C)(C[C@](C(F)(F)F)(O1)P3CCP1[C@]3(C(F)(F)F)C[C@@]4(C)O[C@](C)(C[C@]1(C(F)(F)F)O4)O3)O2. The summed E-state index contributed by atoms with van der Waals surface area (Å²) in [5.74, 6) is -9.79. The Bertz CT molecular complexity index is 984. The van der Waals surface area contributed by atoms with Gasteiger partial charge in [-0.15, -0.1) is 0 Å². The maximum Gasteiger partial charge on any atom is 0.421 e. The van der Waals surface area contributed by atoms with E-state index in [-0.39, 0.29) is 0 Å². The van der Waals surface area contributed by atoms with E-state index >= 15 is 0 Å². The standard InChI is InChI=1S/C22H24F12O6P2/c1-11-7-15(19(23,24)25)38-12(2,35-11)8-16(37-11,20(26,27)28)41(15)5-6-42-17(21(29,30)31)9-13(3)36-14(4,40-17)10-18(42,39-13)22(32,33)34/h5-10H2,1-4H3/t11-,12-,13-,14-,15-,16-,17-,18-/m0/s1. The number of alkyl halides is 12. The fourth-order valence-corrected chi connectivity index (χ4v) is 16.5. The Balaban J connectivity index is 1.49. The molecule has 0 radical (unpaired) electrons. The van der Waals surface area contributed by atoms with Gasteiger partial charge in [0.05, 0.1) is 0 Å².